The number of benzene rings is 2. The molecule has 3 fully saturated rings. The fraction of sp³-hybridized carbons (Fsp3) is 0.371. The Morgan fingerprint density at radius 2 is 1.65 bits per heavy atom. The molecule has 0 aliphatic carbocycles. The lowest BCUT2D eigenvalue weighted by atomic mass is 10.1. The second kappa shape index (κ2) is 17.0. The average molecular weight is 895 g/mol. The second-order valence-corrected chi connectivity index (χ2v) is 19.0. The first-order chi connectivity index (χ1) is 28.7. The maximum Gasteiger partial charge on any atom is 0.472 e. The molecule has 2 aromatic heterocycles. The van der Waals surface area contributed by atoms with E-state index in [-0.39, 0.29) is 34.0 Å². The van der Waals surface area contributed by atoms with Crippen molar-refractivity contribution >= 4 is 60.6 Å². The molecule has 2 unspecified atom stereocenters. The van der Waals surface area contributed by atoms with Gasteiger partial charge in [-0.2, -0.15) is 0 Å². The maximum atomic E-state index is 16.5. The van der Waals surface area contributed by atoms with Crippen LogP contribution in [0.1, 0.15) is 28.6 Å². The summed E-state index contributed by atoms with van der Waals surface area (Å²) in [5, 5.41) is 0. The van der Waals surface area contributed by atoms with Crippen molar-refractivity contribution in [3.05, 3.63) is 84.6 Å². The molecule has 0 saturated carbocycles. The predicted molar refractivity (Wildman–Crippen MR) is 202 cm³/mol. The number of rotatable bonds is 8. The van der Waals surface area contributed by atoms with Gasteiger partial charge in [0.05, 0.1) is 38.6 Å². The van der Waals surface area contributed by atoms with E-state index in [1.54, 1.807) is 24.3 Å². The van der Waals surface area contributed by atoms with Crippen molar-refractivity contribution in [2.75, 3.05) is 26.1 Å². The number of amides is 1. The molecule has 60 heavy (non-hydrogen) atoms. The van der Waals surface area contributed by atoms with Crippen molar-refractivity contribution in [3.8, 4) is 11.5 Å². The highest BCUT2D eigenvalue weighted by Gasteiger charge is 2.56. The number of fused-ring (bicyclic) bond motifs is 4. The first-order valence-corrected chi connectivity index (χ1v) is 22.6. The summed E-state index contributed by atoms with van der Waals surface area (Å²) < 4.78 is 107. The van der Waals surface area contributed by atoms with Crippen LogP contribution in [0, 0.1) is 0 Å². The number of hydrogen-bond donors (Lipinski definition) is 2. The summed E-state index contributed by atoms with van der Waals surface area (Å²) in [4.78, 5) is 61.0. The molecule has 1 amide bonds. The third-order valence-corrected chi connectivity index (χ3v) is 14.3. The molecule has 6 heterocycles. The number of anilines is 1. The van der Waals surface area contributed by atoms with Gasteiger partial charge in [-0.25, -0.2) is 37.7 Å². The number of halogens is 2. The second-order valence-electron chi connectivity index (χ2n) is 13.5. The van der Waals surface area contributed by atoms with Gasteiger partial charge in [0.15, 0.2) is 42.0 Å². The average Bonchev–Trinajstić information content (AvgIpc) is 3.89. The minimum absolute atomic E-state index is 0.0126. The van der Waals surface area contributed by atoms with Crippen LogP contribution in [-0.4, -0.2) is 110 Å². The topological polar surface area (TPSA) is 252 Å². The first kappa shape index (κ1) is 42.0. The first-order valence-electron chi connectivity index (χ1n) is 17.9. The van der Waals surface area contributed by atoms with Crippen molar-refractivity contribution in [3.63, 3.8) is 0 Å². The summed E-state index contributed by atoms with van der Waals surface area (Å²) >= 11 is 0.598. The number of phosphoric ester groups is 1. The summed E-state index contributed by atoms with van der Waals surface area (Å²) in [7, 11) is -3.77. The Morgan fingerprint density at radius 3 is 2.38 bits per heavy atom. The van der Waals surface area contributed by atoms with Gasteiger partial charge in [-0.15, -0.1) is 0 Å². The fourth-order valence-electron chi connectivity index (χ4n) is 6.64. The number of esters is 1. The molecule has 10 atom stereocenters. The zero-order valence-corrected chi connectivity index (χ0v) is 33.6. The van der Waals surface area contributed by atoms with E-state index in [9.17, 15) is 28.4 Å². The van der Waals surface area contributed by atoms with E-state index < -0.39 is 101 Å². The smallest absolute Gasteiger partial charge is 0.472 e. The molecule has 2 bridgehead atoms. The van der Waals surface area contributed by atoms with Crippen LogP contribution in [0.25, 0.3) is 11.2 Å². The van der Waals surface area contributed by atoms with E-state index in [0.717, 1.165) is 23.5 Å². The Hall–Kier alpha value is -4.67. The summed E-state index contributed by atoms with van der Waals surface area (Å²) in [6.07, 6.45) is -11.1. The van der Waals surface area contributed by atoms with Gasteiger partial charge in [0.1, 0.15) is 47.8 Å². The lowest BCUT2D eigenvalue weighted by Gasteiger charge is -2.28. The van der Waals surface area contributed by atoms with Gasteiger partial charge in [0, 0.05) is 12.0 Å². The SMILES string of the molecule is COc1ccc(C(=O)Oc2ccc(CSP3(=O)OC[C@H]4O[C@@H](N5C=CC(=O)CC5=O)[C@H](F)[C@@H]4OP(=O)(O)OC[C@H]4O[C@@H](n5cnc6c(N)ncnc65)[C@H](O3)[C@@H]4F)cc2)cc1. The van der Waals surface area contributed by atoms with Crippen LogP contribution in [0.4, 0.5) is 14.6 Å². The van der Waals surface area contributed by atoms with Crippen molar-refractivity contribution in [1.82, 2.24) is 24.4 Å². The Morgan fingerprint density at radius 1 is 0.933 bits per heavy atom. The van der Waals surface area contributed by atoms with Gasteiger partial charge in [0.25, 0.3) is 0 Å². The number of methoxy groups -OCH3 is 1. The number of aromatic nitrogens is 4. The molecule has 25 heteroatoms. The highest BCUT2D eigenvalue weighted by Crippen LogP contribution is 2.65. The number of ether oxygens (including phenoxy) is 4. The molecule has 2 aromatic carbocycles. The number of phosphoric acid groups is 1. The van der Waals surface area contributed by atoms with Gasteiger partial charge in [0.2, 0.25) is 5.91 Å². The normalized spacial score (nSPS) is 32.2. The molecule has 3 saturated heterocycles. The molecule has 20 nitrogen and oxygen atoms in total. The van der Waals surface area contributed by atoms with Crippen LogP contribution in [-0.2, 0) is 52.0 Å². The van der Waals surface area contributed by atoms with Gasteiger partial charge < -0.3 is 29.6 Å². The van der Waals surface area contributed by atoms with Gasteiger partial charge in [-0.1, -0.05) is 12.1 Å². The number of nitrogen functional groups attached to an aromatic ring is 1. The maximum absolute atomic E-state index is 16.5. The van der Waals surface area contributed by atoms with Crippen LogP contribution in [0.2, 0.25) is 0 Å². The molecule has 3 N–H and O–H groups in total. The minimum Gasteiger partial charge on any atom is -0.497 e. The van der Waals surface area contributed by atoms with Gasteiger partial charge >= 0.3 is 20.6 Å². The minimum atomic E-state index is -5.26. The molecule has 4 aromatic rings. The number of allylic oxidation sites excluding steroid dienone is 1. The zero-order chi connectivity index (χ0) is 42.3. The van der Waals surface area contributed by atoms with Crippen molar-refractivity contribution in [2.45, 2.75) is 61.4 Å². The van der Waals surface area contributed by atoms with Crippen LogP contribution < -0.4 is 15.2 Å². The predicted octanol–water partition coefficient (Wildman–Crippen LogP) is 4.21. The van der Waals surface area contributed by atoms with Gasteiger partial charge in [-0.3, -0.25) is 37.2 Å². The third-order valence-electron chi connectivity index (χ3n) is 9.65. The van der Waals surface area contributed by atoms with Gasteiger partial charge in [-0.05, 0) is 59.4 Å². The number of carbonyl (C=O) groups is 3. The highest BCUT2D eigenvalue weighted by molar-refractivity contribution is 8.54. The molecule has 4 aliphatic heterocycles. The van der Waals surface area contributed by atoms with Crippen LogP contribution >= 0.6 is 26.0 Å². The number of ketones is 1. The van der Waals surface area contributed by atoms with E-state index in [4.69, 9.17) is 42.8 Å². The van der Waals surface area contributed by atoms with Crippen molar-refractivity contribution in [2.24, 2.45) is 0 Å². The number of alkyl halides is 2. The van der Waals surface area contributed by atoms with E-state index >= 15 is 8.78 Å². The Bertz CT molecular complexity index is 2410. The monoisotopic (exact) mass is 894 g/mol. The molecule has 0 radical (unpaired) electrons. The van der Waals surface area contributed by atoms with E-state index in [0.29, 0.717) is 22.7 Å². The Kier molecular flexibility index (Phi) is 11.9. The third kappa shape index (κ3) is 8.73. The summed E-state index contributed by atoms with van der Waals surface area (Å²) in [5.74, 6) is -1.38. The number of carbonyl (C=O) groups excluding carboxylic acids is 3. The molecule has 8 rings (SSSR count). The number of hydrogen-bond acceptors (Lipinski definition) is 18. The molecule has 318 valence electrons. The van der Waals surface area contributed by atoms with Crippen molar-refractivity contribution in [1.29, 1.82) is 0 Å². The summed E-state index contributed by atoms with van der Waals surface area (Å²) in [5.41, 5.74) is 6.95. The molecule has 4 aliphatic rings. The van der Waals surface area contributed by atoms with Crippen molar-refractivity contribution < 1.29 is 74.2 Å². The van der Waals surface area contributed by atoms with E-state index in [1.807, 2.05) is 0 Å². The standard InChI is InChI=1S/C35H34F2N6O14P2S/c1-50-21-8-4-19(5-9-21)35(46)53-22-6-2-18(3-7-22)15-60-59(49)52-14-24-29(27(37)33(55-24)42-11-10-20(44)12-25(42)45)56-58(47,48)51-13-23-26(36)30(57-59)34(54-23)43-17-41-28-31(38)39-16-40-32(28)43/h2-11,16-17,23-24,26-27,29-30,33-34H,12-15H2,1H3,(H,47,48)(H2,38,39,40)/t23-,24-,26-,27-,29-,30-,33-,34-,59?/m1/s1. The number of nitrogens with two attached hydrogens (primary N) is 1. The highest BCUT2D eigenvalue weighted by atomic mass is 32.7. The number of imidazole rings is 1. The Balaban J connectivity index is 1.08. The quantitative estimate of drug-likeness (QED) is 0.109. The van der Waals surface area contributed by atoms with Crippen LogP contribution in [0.5, 0.6) is 11.5 Å². The van der Waals surface area contributed by atoms with E-state index in [2.05, 4.69) is 15.0 Å². The lowest BCUT2D eigenvalue weighted by Crippen LogP contribution is -2.44. The molecular formula is C35H34F2N6O14P2S. The number of nitrogens with zero attached hydrogens (tertiary/aromatic N) is 5. The fourth-order valence-corrected chi connectivity index (χ4v) is 10.9. The summed E-state index contributed by atoms with van der Waals surface area (Å²) in [6, 6.07) is 12.4. The molecule has 0 spiro atoms. The van der Waals surface area contributed by atoms with E-state index in [1.165, 1.54) is 42.3 Å². The zero-order valence-electron chi connectivity index (χ0n) is 31.0. The Labute approximate surface area is 342 Å². The van der Waals surface area contributed by atoms with Crippen LogP contribution in [0.3, 0.4) is 0 Å². The lowest BCUT2D eigenvalue weighted by molar-refractivity contribution is -0.146. The largest absolute Gasteiger partial charge is 0.497 e. The summed E-state index contributed by atoms with van der Waals surface area (Å²) in [6.45, 7) is -6.45. The van der Waals surface area contributed by atoms with Crippen LogP contribution in [0.15, 0.2) is 73.5 Å². The molecular weight excluding hydrogens is 860 g/mol.